The van der Waals surface area contributed by atoms with Crippen LogP contribution in [0.3, 0.4) is 0 Å². The van der Waals surface area contributed by atoms with Crippen molar-refractivity contribution >= 4 is 11.3 Å². The van der Waals surface area contributed by atoms with Crippen molar-refractivity contribution in [3.8, 4) is 5.75 Å². The summed E-state index contributed by atoms with van der Waals surface area (Å²) in [6, 6.07) is 12.2. The van der Waals surface area contributed by atoms with Gasteiger partial charge in [-0.2, -0.15) is 0 Å². The molecular formula is C17H23NO2S. The van der Waals surface area contributed by atoms with E-state index < -0.39 is 5.60 Å². The second-order valence-electron chi connectivity index (χ2n) is 5.55. The van der Waals surface area contributed by atoms with Gasteiger partial charge in [0, 0.05) is 17.5 Å². The van der Waals surface area contributed by atoms with E-state index >= 15 is 0 Å². The predicted octanol–water partition coefficient (Wildman–Crippen LogP) is 3.19. The molecule has 0 radical (unpaired) electrons. The van der Waals surface area contributed by atoms with Crippen molar-refractivity contribution in [2.24, 2.45) is 0 Å². The second-order valence-corrected chi connectivity index (χ2v) is 6.50. The van der Waals surface area contributed by atoms with Gasteiger partial charge in [0.2, 0.25) is 0 Å². The monoisotopic (exact) mass is 305 g/mol. The number of hydrogen-bond donors (Lipinski definition) is 2. The molecule has 0 fully saturated rings. The number of para-hydroxylation sites is 1. The van der Waals surface area contributed by atoms with Crippen molar-refractivity contribution in [3.63, 3.8) is 0 Å². The summed E-state index contributed by atoms with van der Waals surface area (Å²) >= 11 is 1.58. The standard InChI is InChI=1S/C17H23NO2S/c1-13(11-14-7-4-5-8-15(14)20-3)18-12-17(2,19)16-9-6-10-21-16/h4-10,13,18-19H,11-12H2,1-3H3/t13-,17-/m1/s1. The molecular weight excluding hydrogens is 282 g/mol. The van der Waals surface area contributed by atoms with Crippen LogP contribution in [0, 0.1) is 0 Å². The molecule has 0 unspecified atom stereocenters. The van der Waals surface area contributed by atoms with Crippen LogP contribution in [0.1, 0.15) is 24.3 Å². The summed E-state index contributed by atoms with van der Waals surface area (Å²) in [5.74, 6) is 0.913. The number of aliphatic hydroxyl groups is 1. The minimum absolute atomic E-state index is 0.257. The first-order valence-corrected chi connectivity index (χ1v) is 8.02. The van der Waals surface area contributed by atoms with Gasteiger partial charge >= 0.3 is 0 Å². The molecule has 0 aliphatic heterocycles. The van der Waals surface area contributed by atoms with Crippen molar-refractivity contribution in [1.29, 1.82) is 0 Å². The van der Waals surface area contributed by atoms with Gasteiger partial charge in [0.05, 0.1) is 7.11 Å². The zero-order chi connectivity index (χ0) is 15.3. The molecule has 114 valence electrons. The molecule has 0 aliphatic carbocycles. The van der Waals surface area contributed by atoms with Crippen LogP contribution in [0.4, 0.5) is 0 Å². The maximum atomic E-state index is 10.5. The Balaban J connectivity index is 1.92. The number of benzene rings is 1. The van der Waals surface area contributed by atoms with Crippen molar-refractivity contribution < 1.29 is 9.84 Å². The number of hydrogen-bond acceptors (Lipinski definition) is 4. The van der Waals surface area contributed by atoms with Crippen LogP contribution in [0.25, 0.3) is 0 Å². The van der Waals surface area contributed by atoms with Gasteiger partial charge in [-0.3, -0.25) is 0 Å². The molecule has 2 atom stereocenters. The number of thiophene rings is 1. The van der Waals surface area contributed by atoms with Gasteiger partial charge in [-0.25, -0.2) is 0 Å². The Bertz CT molecular complexity index is 552. The van der Waals surface area contributed by atoms with E-state index in [4.69, 9.17) is 4.74 Å². The Morgan fingerprint density at radius 3 is 2.71 bits per heavy atom. The highest BCUT2D eigenvalue weighted by atomic mass is 32.1. The van der Waals surface area contributed by atoms with Gasteiger partial charge in [-0.05, 0) is 43.3 Å². The molecule has 2 rings (SSSR count). The lowest BCUT2D eigenvalue weighted by molar-refractivity contribution is 0.0581. The van der Waals surface area contributed by atoms with Gasteiger partial charge < -0.3 is 15.2 Å². The van der Waals surface area contributed by atoms with Crippen molar-refractivity contribution in [1.82, 2.24) is 5.32 Å². The summed E-state index contributed by atoms with van der Waals surface area (Å²) in [4.78, 5) is 0.986. The molecule has 0 bridgehead atoms. The number of nitrogens with one attached hydrogen (secondary N) is 1. The summed E-state index contributed by atoms with van der Waals surface area (Å²) in [7, 11) is 1.69. The van der Waals surface area contributed by atoms with E-state index in [0.717, 1.165) is 17.0 Å². The normalized spacial score (nSPS) is 15.4. The highest BCUT2D eigenvalue weighted by molar-refractivity contribution is 7.10. The van der Waals surface area contributed by atoms with E-state index in [1.165, 1.54) is 5.56 Å². The topological polar surface area (TPSA) is 41.5 Å². The lowest BCUT2D eigenvalue weighted by atomic mass is 10.0. The Kier molecular flexibility index (Phi) is 5.39. The van der Waals surface area contributed by atoms with Crippen LogP contribution in [0.15, 0.2) is 41.8 Å². The number of rotatable bonds is 7. The van der Waals surface area contributed by atoms with E-state index in [1.54, 1.807) is 18.4 Å². The fourth-order valence-electron chi connectivity index (χ4n) is 2.32. The molecule has 0 aliphatic rings. The molecule has 3 nitrogen and oxygen atoms in total. The minimum atomic E-state index is -0.830. The molecule has 2 aromatic rings. The maximum absolute atomic E-state index is 10.5. The Labute approximate surface area is 130 Å². The smallest absolute Gasteiger partial charge is 0.122 e. The predicted molar refractivity (Wildman–Crippen MR) is 88.1 cm³/mol. The van der Waals surface area contributed by atoms with E-state index in [9.17, 15) is 5.11 Å². The summed E-state index contributed by atoms with van der Waals surface area (Å²) in [5.41, 5.74) is 0.346. The SMILES string of the molecule is COc1ccccc1C[C@@H](C)NC[C@@](C)(O)c1cccs1. The van der Waals surface area contributed by atoms with Crippen LogP contribution >= 0.6 is 11.3 Å². The second kappa shape index (κ2) is 7.07. The number of ether oxygens (including phenoxy) is 1. The van der Waals surface area contributed by atoms with Crippen molar-refractivity contribution in [3.05, 3.63) is 52.2 Å². The van der Waals surface area contributed by atoms with Gasteiger partial charge in [-0.15, -0.1) is 11.3 Å². The first kappa shape index (κ1) is 16.0. The van der Waals surface area contributed by atoms with E-state index in [1.807, 2.05) is 42.6 Å². The zero-order valence-electron chi connectivity index (χ0n) is 12.8. The van der Waals surface area contributed by atoms with E-state index in [-0.39, 0.29) is 6.04 Å². The fraction of sp³-hybridized carbons (Fsp3) is 0.412. The largest absolute Gasteiger partial charge is 0.496 e. The maximum Gasteiger partial charge on any atom is 0.122 e. The van der Waals surface area contributed by atoms with Crippen molar-refractivity contribution in [2.45, 2.75) is 31.9 Å². The molecule has 2 N–H and O–H groups in total. The van der Waals surface area contributed by atoms with Crippen LogP contribution in [0.5, 0.6) is 5.75 Å². The van der Waals surface area contributed by atoms with Gasteiger partial charge in [0.15, 0.2) is 0 Å². The Hall–Kier alpha value is -1.36. The first-order valence-electron chi connectivity index (χ1n) is 7.14. The summed E-state index contributed by atoms with van der Waals surface area (Å²) in [6.45, 7) is 4.50. The van der Waals surface area contributed by atoms with Crippen molar-refractivity contribution in [2.75, 3.05) is 13.7 Å². The van der Waals surface area contributed by atoms with Gasteiger partial charge in [0.25, 0.3) is 0 Å². The highest BCUT2D eigenvalue weighted by Crippen LogP contribution is 2.25. The molecule has 4 heteroatoms. The molecule has 0 spiro atoms. The number of methoxy groups -OCH3 is 1. The molecule has 1 aromatic carbocycles. The Morgan fingerprint density at radius 2 is 2.05 bits per heavy atom. The van der Waals surface area contributed by atoms with Crippen LogP contribution < -0.4 is 10.1 Å². The molecule has 0 amide bonds. The molecule has 0 saturated carbocycles. The zero-order valence-corrected chi connectivity index (χ0v) is 13.6. The van der Waals surface area contributed by atoms with Gasteiger partial charge in [-0.1, -0.05) is 24.3 Å². The minimum Gasteiger partial charge on any atom is -0.496 e. The van der Waals surface area contributed by atoms with Gasteiger partial charge in [0.1, 0.15) is 11.4 Å². The van der Waals surface area contributed by atoms with Crippen LogP contribution in [0.2, 0.25) is 0 Å². The van der Waals surface area contributed by atoms with E-state index in [0.29, 0.717) is 6.54 Å². The molecule has 21 heavy (non-hydrogen) atoms. The van der Waals surface area contributed by atoms with Crippen LogP contribution in [-0.4, -0.2) is 24.8 Å². The first-order chi connectivity index (χ1) is 10.0. The third-order valence-electron chi connectivity index (χ3n) is 3.57. The molecule has 0 saturated heterocycles. The average Bonchev–Trinajstić information content (AvgIpc) is 3.01. The molecule has 1 heterocycles. The fourth-order valence-corrected chi connectivity index (χ4v) is 3.11. The third kappa shape index (κ3) is 4.30. The van der Waals surface area contributed by atoms with E-state index in [2.05, 4.69) is 18.3 Å². The summed E-state index contributed by atoms with van der Waals surface area (Å²) in [5, 5.41) is 15.9. The van der Waals surface area contributed by atoms with Crippen LogP contribution in [-0.2, 0) is 12.0 Å². The quantitative estimate of drug-likeness (QED) is 0.825. The lowest BCUT2D eigenvalue weighted by Crippen LogP contribution is -2.40. The summed E-state index contributed by atoms with van der Waals surface area (Å²) in [6.07, 6.45) is 0.866. The molecule has 1 aromatic heterocycles. The third-order valence-corrected chi connectivity index (χ3v) is 4.69. The lowest BCUT2D eigenvalue weighted by Gasteiger charge is -2.25. The summed E-state index contributed by atoms with van der Waals surface area (Å²) < 4.78 is 5.38. The highest BCUT2D eigenvalue weighted by Gasteiger charge is 2.24. The Morgan fingerprint density at radius 1 is 1.29 bits per heavy atom. The average molecular weight is 305 g/mol.